The number of ketones is 1. The lowest BCUT2D eigenvalue weighted by Gasteiger charge is -2.19. The van der Waals surface area contributed by atoms with Crippen LogP contribution in [0, 0.1) is 19.7 Å². The fourth-order valence-corrected chi connectivity index (χ4v) is 3.66. The summed E-state index contributed by atoms with van der Waals surface area (Å²) in [6.45, 7) is 8.65. The Morgan fingerprint density at radius 3 is 2.41 bits per heavy atom. The molecule has 3 rings (SSSR count). The summed E-state index contributed by atoms with van der Waals surface area (Å²) in [5, 5.41) is 0. The number of nitrogens with zero attached hydrogens (tertiary/aromatic N) is 2. The Morgan fingerprint density at radius 1 is 1.12 bits per heavy atom. The molecular weight excluding hydrogens is 411 g/mol. The third-order valence-corrected chi connectivity index (χ3v) is 5.48. The number of benzene rings is 2. The average molecular weight is 443 g/mol. The van der Waals surface area contributed by atoms with E-state index in [1.165, 1.54) is 19.1 Å². The van der Waals surface area contributed by atoms with Crippen molar-refractivity contribution in [3.05, 3.63) is 52.7 Å². The molecule has 7 heteroatoms. The predicted molar refractivity (Wildman–Crippen MR) is 122 cm³/mol. The summed E-state index contributed by atoms with van der Waals surface area (Å²) in [5.41, 5.74) is 3.31. The summed E-state index contributed by atoms with van der Waals surface area (Å²) < 4.78 is 31.3. The molecule has 0 aliphatic heterocycles. The van der Waals surface area contributed by atoms with E-state index >= 15 is 0 Å². The first-order chi connectivity index (χ1) is 15.2. The van der Waals surface area contributed by atoms with Crippen LogP contribution in [-0.4, -0.2) is 49.5 Å². The molecule has 0 N–H and O–H groups in total. The van der Waals surface area contributed by atoms with Crippen molar-refractivity contribution in [3.63, 3.8) is 0 Å². The number of fused-ring (bicyclic) bond motifs is 1. The van der Waals surface area contributed by atoms with Crippen LogP contribution in [0.1, 0.15) is 53.6 Å². The van der Waals surface area contributed by atoms with Crippen LogP contribution in [0.4, 0.5) is 4.39 Å². The molecule has 0 radical (unpaired) electrons. The zero-order valence-electron chi connectivity index (χ0n) is 19.6. The van der Waals surface area contributed by atoms with Crippen LogP contribution >= 0.6 is 0 Å². The van der Waals surface area contributed by atoms with E-state index in [1.54, 1.807) is 19.1 Å². The summed E-state index contributed by atoms with van der Waals surface area (Å²) in [7, 11) is 3.91. The van der Waals surface area contributed by atoms with Gasteiger partial charge in [-0.2, -0.15) is 0 Å². The average Bonchev–Trinajstić information content (AvgIpc) is 3.12. The second-order valence-electron chi connectivity index (χ2n) is 8.37. The highest BCUT2D eigenvalue weighted by atomic mass is 19.1. The van der Waals surface area contributed by atoms with Gasteiger partial charge in [0.1, 0.15) is 17.9 Å². The molecule has 1 atom stereocenters. The number of aryl methyl sites for hydroxylation is 2. The van der Waals surface area contributed by atoms with Crippen LogP contribution in [0.2, 0.25) is 0 Å². The number of carbonyl (C=O) groups excluding carboxylic acids is 1. The number of Topliss-reactive ketones (excluding diaryl/α,β-unsaturated/α-hetero) is 1. The van der Waals surface area contributed by atoms with Crippen LogP contribution < -0.4 is 9.47 Å². The van der Waals surface area contributed by atoms with E-state index in [-0.39, 0.29) is 17.5 Å². The van der Waals surface area contributed by atoms with E-state index < -0.39 is 0 Å². The van der Waals surface area contributed by atoms with Crippen molar-refractivity contribution in [1.29, 1.82) is 0 Å². The fraction of sp³-hybridized carbons (Fsp3) is 0.440. The molecule has 3 aromatic rings. The number of ether oxygens (including phenoxy) is 2. The first kappa shape index (κ1) is 23.7. The summed E-state index contributed by atoms with van der Waals surface area (Å²) in [4.78, 5) is 19.0. The molecular formula is C25H31FN2O4. The van der Waals surface area contributed by atoms with Gasteiger partial charge in [-0.15, -0.1) is 0 Å². The number of carbonyl (C=O) groups is 1. The molecule has 1 aromatic heterocycles. The van der Waals surface area contributed by atoms with Gasteiger partial charge in [-0.3, -0.25) is 4.79 Å². The summed E-state index contributed by atoms with van der Waals surface area (Å²) in [6, 6.07) is 6.49. The molecule has 6 nitrogen and oxygen atoms in total. The first-order valence-electron chi connectivity index (χ1n) is 10.8. The minimum atomic E-state index is -0.254. The quantitative estimate of drug-likeness (QED) is 0.397. The molecule has 32 heavy (non-hydrogen) atoms. The van der Waals surface area contributed by atoms with Gasteiger partial charge in [-0.1, -0.05) is 19.1 Å². The lowest BCUT2D eigenvalue weighted by molar-refractivity contribution is 0.101. The minimum Gasteiger partial charge on any atom is -0.487 e. The van der Waals surface area contributed by atoms with Gasteiger partial charge in [0.05, 0.1) is 12.2 Å². The molecule has 0 spiro atoms. The van der Waals surface area contributed by atoms with Crippen molar-refractivity contribution in [2.45, 2.75) is 40.0 Å². The van der Waals surface area contributed by atoms with E-state index in [1.807, 2.05) is 25.9 Å². The molecule has 0 saturated heterocycles. The Balaban J connectivity index is 1.92. The number of oxazole rings is 1. The maximum absolute atomic E-state index is 13.2. The molecule has 1 unspecified atom stereocenters. The van der Waals surface area contributed by atoms with Crippen LogP contribution in [-0.2, 0) is 0 Å². The Kier molecular flexibility index (Phi) is 7.51. The van der Waals surface area contributed by atoms with E-state index in [0.717, 1.165) is 11.1 Å². The predicted octanol–water partition coefficient (Wildman–Crippen LogP) is 5.30. The van der Waals surface area contributed by atoms with Crippen LogP contribution in [0.5, 0.6) is 11.5 Å². The maximum Gasteiger partial charge on any atom is 0.207 e. The second kappa shape index (κ2) is 10.1. The van der Waals surface area contributed by atoms with Gasteiger partial charge in [-0.25, -0.2) is 9.37 Å². The van der Waals surface area contributed by atoms with Gasteiger partial charge in [0.15, 0.2) is 17.4 Å². The molecule has 0 bridgehead atoms. The Morgan fingerprint density at radius 2 is 1.78 bits per heavy atom. The maximum atomic E-state index is 13.2. The molecule has 1 heterocycles. The topological polar surface area (TPSA) is 64.8 Å². The van der Waals surface area contributed by atoms with Gasteiger partial charge < -0.3 is 18.8 Å². The Hall–Kier alpha value is -2.93. The molecule has 0 aliphatic carbocycles. The minimum absolute atomic E-state index is 0.116. The molecule has 2 aromatic carbocycles. The van der Waals surface area contributed by atoms with Crippen molar-refractivity contribution in [2.24, 2.45) is 0 Å². The summed E-state index contributed by atoms with van der Waals surface area (Å²) >= 11 is 0. The molecule has 0 aliphatic rings. The monoisotopic (exact) mass is 442 g/mol. The Labute approximate surface area is 188 Å². The largest absolute Gasteiger partial charge is 0.487 e. The smallest absolute Gasteiger partial charge is 0.207 e. The Bertz CT molecular complexity index is 1090. The summed E-state index contributed by atoms with van der Waals surface area (Å²) in [5.74, 6) is 1.09. The zero-order chi connectivity index (χ0) is 23.4. The summed E-state index contributed by atoms with van der Waals surface area (Å²) in [6.07, 6.45) is 0.695. The molecule has 172 valence electrons. The lowest BCUT2D eigenvalue weighted by atomic mass is 9.98. The third-order valence-electron chi connectivity index (χ3n) is 5.48. The van der Waals surface area contributed by atoms with E-state index in [4.69, 9.17) is 13.9 Å². The number of aromatic nitrogens is 1. The van der Waals surface area contributed by atoms with E-state index in [0.29, 0.717) is 60.2 Å². The van der Waals surface area contributed by atoms with Crippen LogP contribution in [0.25, 0.3) is 11.1 Å². The number of hydrogen-bond donors (Lipinski definition) is 0. The van der Waals surface area contributed by atoms with Crippen LogP contribution in [0.15, 0.2) is 28.7 Å². The van der Waals surface area contributed by atoms with Crippen molar-refractivity contribution in [3.8, 4) is 11.5 Å². The van der Waals surface area contributed by atoms with Crippen molar-refractivity contribution < 1.29 is 23.1 Å². The highest BCUT2D eigenvalue weighted by molar-refractivity contribution is 6.05. The second-order valence-corrected chi connectivity index (χ2v) is 8.37. The first-order valence-corrected chi connectivity index (χ1v) is 10.8. The van der Waals surface area contributed by atoms with Gasteiger partial charge in [0.25, 0.3) is 0 Å². The number of halogens is 1. The lowest BCUT2D eigenvalue weighted by Crippen LogP contribution is -2.20. The SMILES string of the molecule is CC(=O)c1c(OCCN(C)C)c(OCCC(C)c2ccc(F)cc2)c2oc(C)nc2c1C. The highest BCUT2D eigenvalue weighted by Gasteiger charge is 2.26. The standard InChI is InChI=1S/C25H31FN2O4/c1-15(19-7-9-20(26)10-8-19)11-13-30-25-23(31-14-12-28(5)6)21(17(3)29)16(2)22-24(25)32-18(4)27-22/h7-10,15H,11-14H2,1-6H3. The van der Waals surface area contributed by atoms with Gasteiger partial charge in [-0.05, 0) is 63.5 Å². The fourth-order valence-electron chi connectivity index (χ4n) is 3.66. The zero-order valence-corrected chi connectivity index (χ0v) is 19.6. The van der Waals surface area contributed by atoms with Gasteiger partial charge in [0.2, 0.25) is 11.3 Å². The molecule has 0 fully saturated rings. The number of rotatable bonds is 10. The van der Waals surface area contributed by atoms with E-state index in [2.05, 4.69) is 11.9 Å². The van der Waals surface area contributed by atoms with Crippen molar-refractivity contribution in [2.75, 3.05) is 33.9 Å². The molecule has 0 amide bonds. The van der Waals surface area contributed by atoms with E-state index in [9.17, 15) is 9.18 Å². The van der Waals surface area contributed by atoms with Crippen LogP contribution in [0.3, 0.4) is 0 Å². The van der Waals surface area contributed by atoms with Crippen molar-refractivity contribution >= 4 is 16.9 Å². The number of hydrogen-bond acceptors (Lipinski definition) is 6. The van der Waals surface area contributed by atoms with Crippen molar-refractivity contribution in [1.82, 2.24) is 9.88 Å². The van der Waals surface area contributed by atoms with Gasteiger partial charge in [0, 0.05) is 13.5 Å². The molecule has 0 saturated carbocycles. The normalized spacial score (nSPS) is 12.4. The third kappa shape index (κ3) is 5.27. The van der Waals surface area contributed by atoms with Gasteiger partial charge >= 0.3 is 0 Å². The highest BCUT2D eigenvalue weighted by Crippen LogP contribution is 2.42. The number of likely N-dealkylation sites (N-methyl/N-ethyl adjacent to an activating group) is 1.